The first-order valence-corrected chi connectivity index (χ1v) is 5.23. The Morgan fingerprint density at radius 2 is 2.38 bits per heavy atom. The quantitative estimate of drug-likeness (QED) is 0.754. The Labute approximate surface area is 95.0 Å². The number of carbonyl (C=O) groups excluding carboxylic acids is 1. The summed E-state index contributed by atoms with van der Waals surface area (Å²) >= 11 is 0. The average Bonchev–Trinajstić information content (AvgIpc) is 2.27. The Kier molecular flexibility index (Phi) is 4.72. The number of pyridine rings is 1. The number of rotatable bonds is 6. The molecule has 0 aromatic carbocycles. The number of carbonyl (C=O) groups is 1. The van der Waals surface area contributed by atoms with E-state index in [1.54, 1.807) is 12.1 Å². The van der Waals surface area contributed by atoms with Gasteiger partial charge in [-0.15, -0.1) is 0 Å². The van der Waals surface area contributed by atoms with Gasteiger partial charge in [0.25, 0.3) is 0 Å². The van der Waals surface area contributed by atoms with Gasteiger partial charge in [0.2, 0.25) is 5.91 Å². The highest BCUT2D eigenvalue weighted by Gasteiger charge is 2.04. The molecular formula is C11H17N3O2. The molecule has 5 heteroatoms. The molecule has 88 valence electrons. The molecule has 0 saturated carbocycles. The number of nitrogens with one attached hydrogen (secondary N) is 1. The molecule has 0 fully saturated rings. The van der Waals surface area contributed by atoms with Crippen molar-refractivity contribution < 1.29 is 9.53 Å². The second-order valence-electron chi connectivity index (χ2n) is 3.50. The van der Waals surface area contributed by atoms with Crippen LogP contribution in [0, 0.1) is 0 Å². The van der Waals surface area contributed by atoms with Crippen molar-refractivity contribution in [1.82, 2.24) is 4.98 Å². The van der Waals surface area contributed by atoms with Gasteiger partial charge in [-0.1, -0.05) is 0 Å². The maximum absolute atomic E-state index is 10.8. The van der Waals surface area contributed by atoms with Crippen molar-refractivity contribution >= 4 is 11.7 Å². The summed E-state index contributed by atoms with van der Waals surface area (Å²) in [6.07, 6.45) is 1.46. The fraction of sp³-hybridized carbons (Fsp3) is 0.455. The van der Waals surface area contributed by atoms with E-state index in [1.807, 2.05) is 13.8 Å². The number of nitrogens with zero attached hydrogens (tertiary/aromatic N) is 1. The predicted octanol–water partition coefficient (Wildman–Crippen LogP) is 1.02. The highest BCUT2D eigenvalue weighted by atomic mass is 16.5. The summed E-state index contributed by atoms with van der Waals surface area (Å²) in [4.78, 5) is 14.9. The molecule has 0 saturated heterocycles. The lowest BCUT2D eigenvalue weighted by molar-refractivity contribution is 0.1000. The van der Waals surface area contributed by atoms with Gasteiger partial charge >= 0.3 is 0 Å². The SMILES string of the molecule is CCOCC(C)Nc1ccc(C(N)=O)cn1. The molecule has 0 radical (unpaired) electrons. The molecule has 1 rings (SSSR count). The van der Waals surface area contributed by atoms with Gasteiger partial charge in [0, 0.05) is 18.8 Å². The first-order chi connectivity index (χ1) is 7.63. The lowest BCUT2D eigenvalue weighted by Gasteiger charge is -2.14. The highest BCUT2D eigenvalue weighted by Crippen LogP contribution is 2.06. The van der Waals surface area contributed by atoms with E-state index in [0.717, 1.165) is 0 Å². The summed E-state index contributed by atoms with van der Waals surface area (Å²) < 4.78 is 5.27. The van der Waals surface area contributed by atoms with Gasteiger partial charge < -0.3 is 15.8 Å². The first-order valence-electron chi connectivity index (χ1n) is 5.23. The summed E-state index contributed by atoms with van der Waals surface area (Å²) in [6, 6.07) is 3.54. The number of hydrogen-bond donors (Lipinski definition) is 2. The van der Waals surface area contributed by atoms with E-state index in [9.17, 15) is 4.79 Å². The van der Waals surface area contributed by atoms with Crippen molar-refractivity contribution in [2.24, 2.45) is 5.73 Å². The second kappa shape index (κ2) is 6.07. The maximum Gasteiger partial charge on any atom is 0.250 e. The zero-order valence-electron chi connectivity index (χ0n) is 9.56. The Morgan fingerprint density at radius 1 is 1.62 bits per heavy atom. The Morgan fingerprint density at radius 3 is 2.88 bits per heavy atom. The van der Waals surface area contributed by atoms with Gasteiger partial charge in [-0.3, -0.25) is 4.79 Å². The smallest absolute Gasteiger partial charge is 0.250 e. The van der Waals surface area contributed by atoms with Crippen molar-refractivity contribution in [2.45, 2.75) is 19.9 Å². The minimum Gasteiger partial charge on any atom is -0.380 e. The summed E-state index contributed by atoms with van der Waals surface area (Å²) in [5, 5.41) is 3.15. The number of hydrogen-bond acceptors (Lipinski definition) is 4. The fourth-order valence-corrected chi connectivity index (χ4v) is 1.21. The summed E-state index contributed by atoms with van der Waals surface area (Å²) in [5.74, 6) is 0.235. The van der Waals surface area contributed by atoms with Crippen molar-refractivity contribution in [3.63, 3.8) is 0 Å². The van der Waals surface area contributed by atoms with E-state index < -0.39 is 5.91 Å². The van der Waals surface area contributed by atoms with Crippen LogP contribution in [0.25, 0.3) is 0 Å². The van der Waals surface area contributed by atoms with Crippen LogP contribution in [0.2, 0.25) is 0 Å². The molecule has 1 atom stereocenters. The monoisotopic (exact) mass is 223 g/mol. The molecule has 1 amide bonds. The summed E-state index contributed by atoms with van der Waals surface area (Å²) in [5.41, 5.74) is 5.52. The lowest BCUT2D eigenvalue weighted by Crippen LogP contribution is -2.22. The van der Waals surface area contributed by atoms with Gasteiger partial charge in [-0.05, 0) is 26.0 Å². The molecule has 3 N–H and O–H groups in total. The molecule has 16 heavy (non-hydrogen) atoms. The van der Waals surface area contributed by atoms with Crippen molar-refractivity contribution in [3.8, 4) is 0 Å². The number of anilines is 1. The van der Waals surface area contributed by atoms with Gasteiger partial charge in [0.1, 0.15) is 5.82 Å². The van der Waals surface area contributed by atoms with Crippen LogP contribution in [-0.4, -0.2) is 30.1 Å². The van der Waals surface area contributed by atoms with Crippen LogP contribution in [0.3, 0.4) is 0 Å². The van der Waals surface area contributed by atoms with Gasteiger partial charge in [0.15, 0.2) is 0 Å². The Hall–Kier alpha value is -1.62. The topological polar surface area (TPSA) is 77.2 Å². The minimum atomic E-state index is -0.471. The molecule has 0 aliphatic rings. The van der Waals surface area contributed by atoms with E-state index in [2.05, 4.69) is 10.3 Å². The second-order valence-corrected chi connectivity index (χ2v) is 3.50. The third-order valence-corrected chi connectivity index (χ3v) is 2.01. The van der Waals surface area contributed by atoms with Crippen LogP contribution >= 0.6 is 0 Å². The number of ether oxygens (including phenoxy) is 1. The first kappa shape index (κ1) is 12.4. The zero-order valence-corrected chi connectivity index (χ0v) is 9.56. The third-order valence-electron chi connectivity index (χ3n) is 2.01. The molecule has 0 bridgehead atoms. The fourth-order valence-electron chi connectivity index (χ4n) is 1.21. The standard InChI is InChI=1S/C11H17N3O2/c1-3-16-7-8(2)14-10-5-4-9(6-13-10)11(12)15/h4-6,8H,3,7H2,1-2H3,(H2,12,15)(H,13,14). The number of amides is 1. The van der Waals surface area contributed by atoms with Crippen molar-refractivity contribution in [1.29, 1.82) is 0 Å². The summed E-state index contributed by atoms with van der Waals surface area (Å²) in [7, 11) is 0. The van der Waals surface area contributed by atoms with Crippen molar-refractivity contribution in [3.05, 3.63) is 23.9 Å². The molecule has 1 aromatic heterocycles. The van der Waals surface area contributed by atoms with Gasteiger partial charge in [0.05, 0.1) is 12.2 Å². The van der Waals surface area contributed by atoms with Crippen LogP contribution in [0.1, 0.15) is 24.2 Å². The molecule has 0 aliphatic heterocycles. The lowest BCUT2D eigenvalue weighted by atomic mass is 10.2. The van der Waals surface area contributed by atoms with Gasteiger partial charge in [-0.25, -0.2) is 4.98 Å². The van der Waals surface area contributed by atoms with Crippen LogP contribution in [0.5, 0.6) is 0 Å². The van der Waals surface area contributed by atoms with Crippen LogP contribution in [0.4, 0.5) is 5.82 Å². The zero-order chi connectivity index (χ0) is 12.0. The van der Waals surface area contributed by atoms with E-state index in [0.29, 0.717) is 24.6 Å². The molecule has 1 unspecified atom stereocenters. The van der Waals surface area contributed by atoms with Crippen LogP contribution in [0.15, 0.2) is 18.3 Å². The molecule has 5 nitrogen and oxygen atoms in total. The normalized spacial score (nSPS) is 12.1. The van der Waals surface area contributed by atoms with E-state index in [4.69, 9.17) is 10.5 Å². The van der Waals surface area contributed by atoms with Crippen LogP contribution in [-0.2, 0) is 4.74 Å². The average molecular weight is 223 g/mol. The number of aromatic nitrogens is 1. The van der Waals surface area contributed by atoms with E-state index in [1.165, 1.54) is 6.20 Å². The highest BCUT2D eigenvalue weighted by molar-refractivity contribution is 5.92. The largest absolute Gasteiger partial charge is 0.380 e. The van der Waals surface area contributed by atoms with Crippen LogP contribution < -0.4 is 11.1 Å². The third kappa shape index (κ3) is 3.86. The Bertz CT molecular complexity index is 338. The number of primary amides is 1. The molecule has 0 spiro atoms. The van der Waals surface area contributed by atoms with E-state index in [-0.39, 0.29) is 6.04 Å². The summed E-state index contributed by atoms with van der Waals surface area (Å²) in [6.45, 7) is 5.27. The molecule has 1 heterocycles. The maximum atomic E-state index is 10.8. The Balaban J connectivity index is 2.51. The van der Waals surface area contributed by atoms with Gasteiger partial charge in [-0.2, -0.15) is 0 Å². The molecule has 0 aliphatic carbocycles. The minimum absolute atomic E-state index is 0.173. The molecule has 1 aromatic rings. The van der Waals surface area contributed by atoms with E-state index >= 15 is 0 Å². The predicted molar refractivity (Wildman–Crippen MR) is 62.3 cm³/mol. The molecular weight excluding hydrogens is 206 g/mol. The number of nitrogens with two attached hydrogens (primary N) is 1. The van der Waals surface area contributed by atoms with Crippen molar-refractivity contribution in [2.75, 3.05) is 18.5 Å².